The SMILES string of the molecule is Cc1ccc(C)c(C(N)c2cccc(OC(F)F)c2)c1. The van der Waals surface area contributed by atoms with Crippen molar-refractivity contribution in [3.05, 3.63) is 64.7 Å². The lowest BCUT2D eigenvalue weighted by Gasteiger charge is -2.17. The monoisotopic (exact) mass is 277 g/mol. The fourth-order valence-electron chi connectivity index (χ4n) is 2.16. The van der Waals surface area contributed by atoms with Gasteiger partial charge in [-0.25, -0.2) is 0 Å². The fourth-order valence-corrected chi connectivity index (χ4v) is 2.16. The van der Waals surface area contributed by atoms with Crippen LogP contribution in [-0.4, -0.2) is 6.61 Å². The van der Waals surface area contributed by atoms with Crippen LogP contribution in [0.4, 0.5) is 8.78 Å². The largest absolute Gasteiger partial charge is 0.435 e. The van der Waals surface area contributed by atoms with Crippen LogP contribution in [0.1, 0.15) is 28.3 Å². The van der Waals surface area contributed by atoms with Crippen LogP contribution in [0.5, 0.6) is 5.75 Å². The topological polar surface area (TPSA) is 35.2 Å². The van der Waals surface area contributed by atoms with E-state index < -0.39 is 6.61 Å². The van der Waals surface area contributed by atoms with Gasteiger partial charge in [-0.05, 0) is 42.7 Å². The first-order valence-electron chi connectivity index (χ1n) is 6.35. The van der Waals surface area contributed by atoms with E-state index in [0.717, 1.165) is 22.3 Å². The molecule has 0 saturated heterocycles. The van der Waals surface area contributed by atoms with Crippen LogP contribution >= 0.6 is 0 Å². The molecule has 2 aromatic rings. The molecule has 0 amide bonds. The molecule has 0 aliphatic heterocycles. The van der Waals surface area contributed by atoms with E-state index in [1.807, 2.05) is 38.1 Å². The van der Waals surface area contributed by atoms with Crippen molar-refractivity contribution in [2.24, 2.45) is 5.73 Å². The summed E-state index contributed by atoms with van der Waals surface area (Å²) in [7, 11) is 0. The third kappa shape index (κ3) is 3.33. The van der Waals surface area contributed by atoms with E-state index in [-0.39, 0.29) is 11.8 Å². The number of hydrogen-bond acceptors (Lipinski definition) is 2. The maximum absolute atomic E-state index is 12.2. The normalized spacial score (nSPS) is 12.5. The molecule has 0 aliphatic carbocycles. The van der Waals surface area contributed by atoms with Gasteiger partial charge in [0, 0.05) is 0 Å². The minimum absolute atomic E-state index is 0.123. The Balaban J connectivity index is 2.33. The molecule has 0 bridgehead atoms. The minimum Gasteiger partial charge on any atom is -0.435 e. The van der Waals surface area contributed by atoms with Gasteiger partial charge in [0.25, 0.3) is 0 Å². The van der Waals surface area contributed by atoms with E-state index in [9.17, 15) is 8.78 Å². The van der Waals surface area contributed by atoms with Crippen LogP contribution < -0.4 is 10.5 Å². The standard InChI is InChI=1S/C16H17F2NO/c1-10-6-7-11(2)14(8-10)15(19)12-4-3-5-13(9-12)20-16(17)18/h3-9,15-16H,19H2,1-2H3. The highest BCUT2D eigenvalue weighted by Crippen LogP contribution is 2.26. The zero-order chi connectivity index (χ0) is 14.7. The zero-order valence-corrected chi connectivity index (χ0v) is 11.4. The highest BCUT2D eigenvalue weighted by molar-refractivity contribution is 5.41. The van der Waals surface area contributed by atoms with E-state index in [0.29, 0.717) is 0 Å². The lowest BCUT2D eigenvalue weighted by atomic mass is 9.94. The Bertz CT molecular complexity index is 599. The van der Waals surface area contributed by atoms with Gasteiger partial charge < -0.3 is 10.5 Å². The molecule has 0 aliphatic rings. The van der Waals surface area contributed by atoms with Crippen molar-refractivity contribution in [2.75, 3.05) is 0 Å². The molecule has 1 atom stereocenters. The summed E-state index contributed by atoms with van der Waals surface area (Å²) in [5, 5.41) is 0. The first kappa shape index (κ1) is 14.5. The molecule has 0 radical (unpaired) electrons. The predicted octanol–water partition coefficient (Wildman–Crippen LogP) is 3.95. The molecule has 106 valence electrons. The van der Waals surface area contributed by atoms with Crippen LogP contribution in [0.15, 0.2) is 42.5 Å². The van der Waals surface area contributed by atoms with E-state index in [2.05, 4.69) is 4.74 Å². The molecule has 0 aromatic heterocycles. The molecule has 1 unspecified atom stereocenters. The summed E-state index contributed by atoms with van der Waals surface area (Å²) in [6.45, 7) is 1.14. The average molecular weight is 277 g/mol. The summed E-state index contributed by atoms with van der Waals surface area (Å²) < 4.78 is 28.9. The second-order valence-electron chi connectivity index (χ2n) is 4.79. The van der Waals surface area contributed by atoms with Gasteiger partial charge in [0.15, 0.2) is 0 Å². The quantitative estimate of drug-likeness (QED) is 0.918. The lowest BCUT2D eigenvalue weighted by molar-refractivity contribution is -0.0498. The molecule has 4 heteroatoms. The number of rotatable bonds is 4. The first-order valence-corrected chi connectivity index (χ1v) is 6.35. The lowest BCUT2D eigenvalue weighted by Crippen LogP contribution is -2.14. The van der Waals surface area contributed by atoms with E-state index in [4.69, 9.17) is 5.73 Å². The first-order chi connectivity index (χ1) is 9.47. The fraction of sp³-hybridized carbons (Fsp3) is 0.250. The second kappa shape index (κ2) is 6.01. The van der Waals surface area contributed by atoms with Crippen molar-refractivity contribution in [3.63, 3.8) is 0 Å². The van der Waals surface area contributed by atoms with Crippen LogP contribution in [0, 0.1) is 13.8 Å². The predicted molar refractivity (Wildman–Crippen MR) is 75.0 cm³/mol. The van der Waals surface area contributed by atoms with Crippen LogP contribution in [0.25, 0.3) is 0 Å². The molecule has 2 nitrogen and oxygen atoms in total. The Kier molecular flexibility index (Phi) is 4.35. The van der Waals surface area contributed by atoms with Crippen molar-refractivity contribution in [1.29, 1.82) is 0 Å². The third-order valence-corrected chi connectivity index (χ3v) is 3.21. The summed E-state index contributed by atoms with van der Waals surface area (Å²) >= 11 is 0. The van der Waals surface area contributed by atoms with Gasteiger partial charge in [0.2, 0.25) is 0 Å². The maximum Gasteiger partial charge on any atom is 0.387 e. The Hall–Kier alpha value is -1.94. The summed E-state index contributed by atoms with van der Waals surface area (Å²) in [4.78, 5) is 0. The number of halogens is 2. The number of benzene rings is 2. The summed E-state index contributed by atoms with van der Waals surface area (Å²) in [5.74, 6) is 0.123. The average Bonchev–Trinajstić information content (AvgIpc) is 2.40. The zero-order valence-electron chi connectivity index (χ0n) is 11.4. The van der Waals surface area contributed by atoms with Crippen molar-refractivity contribution in [1.82, 2.24) is 0 Å². The van der Waals surface area contributed by atoms with Gasteiger partial charge in [-0.3, -0.25) is 0 Å². The third-order valence-electron chi connectivity index (χ3n) is 3.21. The Morgan fingerprint density at radius 1 is 1.05 bits per heavy atom. The van der Waals surface area contributed by atoms with Gasteiger partial charge in [0.05, 0.1) is 6.04 Å². The summed E-state index contributed by atoms with van der Waals surface area (Å²) in [6.07, 6.45) is 0. The van der Waals surface area contributed by atoms with Gasteiger partial charge in [-0.15, -0.1) is 0 Å². The summed E-state index contributed by atoms with van der Waals surface area (Å²) in [5.41, 5.74) is 10.2. The molecule has 0 saturated carbocycles. The number of alkyl halides is 2. The minimum atomic E-state index is -2.83. The van der Waals surface area contributed by atoms with E-state index in [1.54, 1.807) is 12.1 Å². The molecular weight excluding hydrogens is 260 g/mol. The Morgan fingerprint density at radius 2 is 1.80 bits per heavy atom. The maximum atomic E-state index is 12.2. The van der Waals surface area contributed by atoms with Gasteiger partial charge in [-0.1, -0.05) is 35.9 Å². The number of ether oxygens (including phenoxy) is 1. The smallest absolute Gasteiger partial charge is 0.387 e. The van der Waals surface area contributed by atoms with E-state index >= 15 is 0 Å². The molecule has 2 N–H and O–H groups in total. The van der Waals surface area contributed by atoms with Gasteiger partial charge in [-0.2, -0.15) is 8.78 Å². The van der Waals surface area contributed by atoms with Crippen molar-refractivity contribution >= 4 is 0 Å². The van der Waals surface area contributed by atoms with Crippen molar-refractivity contribution in [2.45, 2.75) is 26.5 Å². The van der Waals surface area contributed by atoms with Crippen molar-refractivity contribution < 1.29 is 13.5 Å². The molecule has 20 heavy (non-hydrogen) atoms. The molecule has 0 spiro atoms. The van der Waals surface area contributed by atoms with Gasteiger partial charge in [0.1, 0.15) is 5.75 Å². The molecular formula is C16H17F2NO. The highest BCUT2D eigenvalue weighted by Gasteiger charge is 2.13. The highest BCUT2D eigenvalue weighted by atomic mass is 19.3. The Labute approximate surface area is 117 Å². The van der Waals surface area contributed by atoms with Crippen LogP contribution in [0.2, 0.25) is 0 Å². The van der Waals surface area contributed by atoms with Gasteiger partial charge >= 0.3 is 6.61 Å². The molecule has 0 heterocycles. The van der Waals surface area contributed by atoms with E-state index in [1.165, 1.54) is 6.07 Å². The molecule has 2 aromatic carbocycles. The van der Waals surface area contributed by atoms with Crippen LogP contribution in [-0.2, 0) is 0 Å². The van der Waals surface area contributed by atoms with Crippen LogP contribution in [0.3, 0.4) is 0 Å². The summed E-state index contributed by atoms with van der Waals surface area (Å²) in [6, 6.07) is 12.2. The second-order valence-corrected chi connectivity index (χ2v) is 4.79. The number of nitrogens with two attached hydrogens (primary N) is 1. The number of aryl methyl sites for hydroxylation is 2. The van der Waals surface area contributed by atoms with Crippen molar-refractivity contribution in [3.8, 4) is 5.75 Å². The molecule has 0 fully saturated rings. The Morgan fingerprint density at radius 3 is 2.50 bits per heavy atom. The molecule has 2 rings (SSSR count). The number of hydrogen-bond donors (Lipinski definition) is 1.